The molecular formula is C42H69N5O4. The average molecular weight is 708 g/mol. The van der Waals surface area contributed by atoms with Gasteiger partial charge in [-0.1, -0.05) is 80.9 Å². The first-order valence-corrected chi connectivity index (χ1v) is 20.2. The van der Waals surface area contributed by atoms with Crippen molar-refractivity contribution < 1.29 is 19.4 Å². The lowest BCUT2D eigenvalue weighted by molar-refractivity contribution is -0.253. The summed E-state index contributed by atoms with van der Waals surface area (Å²) in [5.74, 6) is 1.83. The third-order valence-electron chi connectivity index (χ3n) is 17.4. The Balaban J connectivity index is 1.33. The van der Waals surface area contributed by atoms with Crippen LogP contribution in [0.4, 0.5) is 0 Å². The maximum atomic E-state index is 13.5. The van der Waals surface area contributed by atoms with E-state index in [4.69, 9.17) is 25.3 Å². The minimum Gasteiger partial charge on any atom is -0.481 e. The summed E-state index contributed by atoms with van der Waals surface area (Å²) in [6, 6.07) is -0.0157. The maximum Gasteiger partial charge on any atom is 0.307 e. The second-order valence-electron chi connectivity index (χ2n) is 20.9. The number of hydrogen-bond acceptors (Lipinski definition) is 7. The lowest BCUT2D eigenvalue weighted by atomic mass is 9.34. The van der Waals surface area contributed by atoms with Crippen molar-refractivity contribution in [3.63, 3.8) is 0 Å². The van der Waals surface area contributed by atoms with Crippen LogP contribution in [0.3, 0.4) is 0 Å². The number of carboxylic acid groups (broad SMARTS) is 1. The maximum absolute atomic E-state index is 13.5. The number of carbonyl (C=O) groups is 1. The quantitative estimate of drug-likeness (QED) is 0.242. The summed E-state index contributed by atoms with van der Waals surface area (Å²) in [7, 11) is 0. The molecule has 3 heterocycles. The molecule has 2 bridgehead atoms. The monoisotopic (exact) mass is 708 g/mol. The van der Waals surface area contributed by atoms with Crippen LogP contribution in [-0.4, -0.2) is 70.4 Å². The molecule has 2 saturated heterocycles. The lowest BCUT2D eigenvalue weighted by Gasteiger charge is -2.71. The number of hydrogen-bond donors (Lipinski definition) is 3. The summed E-state index contributed by atoms with van der Waals surface area (Å²) in [6.07, 6.45) is 10.00. The highest BCUT2D eigenvalue weighted by Crippen LogP contribution is 2.75. The molecule has 1 aromatic heterocycles. The first kappa shape index (κ1) is 37.5. The molecule has 6 aliphatic rings. The fourth-order valence-electron chi connectivity index (χ4n) is 12.9. The van der Waals surface area contributed by atoms with Gasteiger partial charge in [0.05, 0.1) is 37.9 Å². The molecule has 12 atom stereocenters. The average Bonchev–Trinajstić information content (AvgIpc) is 3.47. The van der Waals surface area contributed by atoms with Gasteiger partial charge in [-0.2, -0.15) is 5.10 Å². The van der Waals surface area contributed by atoms with E-state index < -0.39 is 17.4 Å². The Morgan fingerprint density at radius 1 is 1.10 bits per heavy atom. The fourth-order valence-corrected chi connectivity index (χ4v) is 12.9. The highest BCUT2D eigenvalue weighted by molar-refractivity contribution is 5.73. The van der Waals surface area contributed by atoms with Gasteiger partial charge in [-0.3, -0.25) is 4.79 Å². The molecule has 4 aliphatic carbocycles. The summed E-state index contributed by atoms with van der Waals surface area (Å²) < 4.78 is 16.2. The van der Waals surface area contributed by atoms with Crippen LogP contribution in [0.1, 0.15) is 132 Å². The summed E-state index contributed by atoms with van der Waals surface area (Å²) >= 11 is 0. The molecular weight excluding hydrogens is 638 g/mol. The van der Waals surface area contributed by atoms with Crippen LogP contribution in [0, 0.1) is 62.1 Å². The number of ether oxygens (including phenoxy) is 2. The summed E-state index contributed by atoms with van der Waals surface area (Å²) in [4.78, 5) is 18.4. The van der Waals surface area contributed by atoms with Crippen molar-refractivity contribution in [2.45, 2.75) is 138 Å². The van der Waals surface area contributed by atoms with Gasteiger partial charge in [0, 0.05) is 35.4 Å². The number of rotatable bonds is 8. The van der Waals surface area contributed by atoms with Crippen molar-refractivity contribution in [1.29, 1.82) is 0 Å². The molecule has 0 aromatic carbocycles. The molecule has 5 fully saturated rings. The minimum atomic E-state index is -0.611. The Labute approximate surface area is 307 Å². The molecule has 7 rings (SSSR count). The summed E-state index contributed by atoms with van der Waals surface area (Å²) in [5, 5.41) is 19.6. The zero-order valence-corrected chi connectivity index (χ0v) is 33.6. The van der Waals surface area contributed by atoms with Gasteiger partial charge < -0.3 is 25.6 Å². The van der Waals surface area contributed by atoms with E-state index in [-0.39, 0.29) is 44.6 Å². The van der Waals surface area contributed by atoms with Crippen LogP contribution in [0.25, 0.3) is 0 Å². The number of allylic oxidation sites excluding steroid dienone is 1. The van der Waals surface area contributed by atoms with E-state index in [0.717, 1.165) is 57.4 Å². The van der Waals surface area contributed by atoms with Crippen LogP contribution >= 0.6 is 0 Å². The van der Waals surface area contributed by atoms with Gasteiger partial charge in [-0.25, -0.2) is 9.67 Å². The van der Waals surface area contributed by atoms with E-state index in [1.807, 2.05) is 0 Å². The second kappa shape index (κ2) is 12.1. The first-order valence-electron chi connectivity index (χ1n) is 20.2. The van der Waals surface area contributed by atoms with Crippen molar-refractivity contribution in [2.75, 3.05) is 32.9 Å². The normalized spacial score (nSPS) is 44.3. The topological polar surface area (TPSA) is 125 Å². The third kappa shape index (κ3) is 5.16. The van der Waals surface area contributed by atoms with Crippen LogP contribution in [-0.2, 0) is 14.3 Å². The van der Waals surface area contributed by atoms with E-state index in [9.17, 15) is 9.90 Å². The standard InChI is InChI=1S/C42H69N5O4/c1-25(2)26(3)37(7)16-17-39(9)28-12-13-31-38(8)21-50-23-42(31,29(28)14-15-40(39,10)32(37)35(48)49)18-30(33(38)51-22-41(11,43)36(4,5)6)47-34(45-24-46-47)27-19-44-20-27/h14,24-28,30-33,44H,12-13,15-23,43H2,1-11H3,(H,48,49)/t26-,28+,30-,31+,32-,33+,37-,38-,39-,40+,41+,42+/m1/s1. The predicted octanol–water partition coefficient (Wildman–Crippen LogP) is 7.24. The zero-order chi connectivity index (χ0) is 37.2. The SMILES string of the molecule is CC(C)[C@@H](C)[C@@]1(C)CC[C@]2(C)[C@H]3CC[C@@H]4[C@@]5(COC[C@@]4(C)[C@@H](OC[C@](C)(N)C(C)(C)C)[C@H](n4ncnc4C4CNC4)C5)C3=CC[C@@]2(C)[C@@H]1C(=O)O. The lowest BCUT2D eigenvalue weighted by Crippen LogP contribution is -2.69. The molecule has 286 valence electrons. The number of carboxylic acids is 1. The Bertz CT molecular complexity index is 1540. The summed E-state index contributed by atoms with van der Waals surface area (Å²) in [6.45, 7) is 28.7. The molecule has 1 aromatic rings. The molecule has 9 nitrogen and oxygen atoms in total. The largest absolute Gasteiger partial charge is 0.481 e. The van der Waals surface area contributed by atoms with E-state index in [2.05, 4.69) is 92.2 Å². The Morgan fingerprint density at radius 3 is 2.41 bits per heavy atom. The number of nitrogens with two attached hydrogens (primary N) is 1. The molecule has 9 heteroatoms. The predicted molar refractivity (Wildman–Crippen MR) is 200 cm³/mol. The number of aliphatic carboxylic acids is 1. The van der Waals surface area contributed by atoms with Crippen LogP contribution < -0.4 is 11.1 Å². The van der Waals surface area contributed by atoms with Crippen molar-refractivity contribution in [3.8, 4) is 0 Å². The van der Waals surface area contributed by atoms with Crippen LogP contribution in [0.2, 0.25) is 0 Å². The molecule has 0 unspecified atom stereocenters. The van der Waals surface area contributed by atoms with Crippen molar-refractivity contribution in [3.05, 3.63) is 23.8 Å². The number of nitrogens with zero attached hydrogens (tertiary/aromatic N) is 3. The van der Waals surface area contributed by atoms with Crippen molar-refractivity contribution >= 4 is 5.97 Å². The number of nitrogens with one attached hydrogen (secondary N) is 1. The zero-order valence-electron chi connectivity index (χ0n) is 33.6. The van der Waals surface area contributed by atoms with E-state index >= 15 is 0 Å². The number of aromatic nitrogens is 3. The fraction of sp³-hybridized carbons (Fsp3) is 0.881. The molecule has 3 saturated carbocycles. The first-order chi connectivity index (χ1) is 23.7. The van der Waals surface area contributed by atoms with Gasteiger partial charge in [-0.15, -0.1) is 0 Å². The van der Waals surface area contributed by atoms with E-state index in [0.29, 0.717) is 49.4 Å². The Morgan fingerprint density at radius 2 is 1.80 bits per heavy atom. The molecule has 0 spiro atoms. The van der Waals surface area contributed by atoms with Gasteiger partial charge in [0.2, 0.25) is 0 Å². The highest BCUT2D eigenvalue weighted by atomic mass is 16.5. The van der Waals surface area contributed by atoms with Gasteiger partial charge >= 0.3 is 5.97 Å². The van der Waals surface area contributed by atoms with Gasteiger partial charge in [0.1, 0.15) is 12.2 Å². The van der Waals surface area contributed by atoms with Gasteiger partial charge in [-0.05, 0) is 90.8 Å². The molecule has 51 heavy (non-hydrogen) atoms. The molecule has 0 radical (unpaired) electrons. The van der Waals surface area contributed by atoms with E-state index in [1.54, 1.807) is 11.9 Å². The summed E-state index contributed by atoms with van der Waals surface area (Å²) in [5.41, 5.74) is 6.72. The Hall–Kier alpha value is -1.81. The molecule has 2 aliphatic heterocycles. The third-order valence-corrected chi connectivity index (χ3v) is 17.4. The van der Waals surface area contributed by atoms with Gasteiger partial charge in [0.25, 0.3) is 0 Å². The smallest absolute Gasteiger partial charge is 0.307 e. The van der Waals surface area contributed by atoms with Crippen LogP contribution in [0.5, 0.6) is 0 Å². The molecule has 4 N–H and O–H groups in total. The Kier molecular flexibility index (Phi) is 8.90. The second-order valence-corrected chi connectivity index (χ2v) is 20.9. The highest BCUT2D eigenvalue weighted by Gasteiger charge is 2.72. The van der Waals surface area contributed by atoms with E-state index in [1.165, 1.54) is 0 Å². The van der Waals surface area contributed by atoms with Crippen molar-refractivity contribution in [1.82, 2.24) is 20.1 Å². The minimum absolute atomic E-state index is 0.0157. The van der Waals surface area contributed by atoms with Crippen LogP contribution in [0.15, 0.2) is 18.0 Å². The number of fused-ring (bicyclic) bond motifs is 3. The van der Waals surface area contributed by atoms with Gasteiger partial charge in [0.15, 0.2) is 0 Å². The van der Waals surface area contributed by atoms with Crippen molar-refractivity contribution in [2.24, 2.45) is 67.8 Å². The molecule has 0 amide bonds.